The number of rotatable bonds is 6. The van der Waals surface area contributed by atoms with Gasteiger partial charge in [-0.2, -0.15) is 13.2 Å². The van der Waals surface area contributed by atoms with Gasteiger partial charge < -0.3 is 15.4 Å². The zero-order valence-corrected chi connectivity index (χ0v) is 15.0. The lowest BCUT2D eigenvalue weighted by molar-refractivity contribution is -0.139. The van der Waals surface area contributed by atoms with E-state index in [1.54, 1.807) is 0 Å². The molecule has 0 radical (unpaired) electrons. The summed E-state index contributed by atoms with van der Waals surface area (Å²) in [5.41, 5.74) is -0.940. The molecule has 0 bridgehead atoms. The predicted octanol–water partition coefficient (Wildman–Crippen LogP) is 1.22. The lowest BCUT2D eigenvalue weighted by Gasteiger charge is -2.16. The van der Waals surface area contributed by atoms with E-state index in [2.05, 4.69) is 20.6 Å². The van der Waals surface area contributed by atoms with E-state index >= 15 is 0 Å². The topological polar surface area (TPSA) is 92.7 Å². The highest BCUT2D eigenvalue weighted by atomic mass is 32.2. The first-order chi connectivity index (χ1) is 12.2. The summed E-state index contributed by atoms with van der Waals surface area (Å²) in [5, 5.41) is 5.98. The van der Waals surface area contributed by atoms with Crippen molar-refractivity contribution in [2.45, 2.75) is 25.6 Å². The van der Waals surface area contributed by atoms with Crippen LogP contribution in [0.25, 0.3) is 0 Å². The van der Waals surface area contributed by atoms with Crippen LogP contribution in [-0.2, 0) is 16.0 Å². The van der Waals surface area contributed by atoms with Crippen LogP contribution in [0.2, 0.25) is 0 Å². The maximum absolute atomic E-state index is 12.9. The van der Waals surface area contributed by atoms with Crippen molar-refractivity contribution in [3.8, 4) is 5.88 Å². The second-order valence-electron chi connectivity index (χ2n) is 5.71. The van der Waals surface area contributed by atoms with Gasteiger partial charge in [0.05, 0.1) is 18.1 Å². The van der Waals surface area contributed by atoms with E-state index in [4.69, 9.17) is 4.74 Å². The fraction of sp³-hybridized carbons (Fsp3) is 0.600. The molecule has 0 aromatic carbocycles. The first kappa shape index (κ1) is 20.3. The van der Waals surface area contributed by atoms with Crippen LogP contribution in [0.4, 0.5) is 13.2 Å². The second-order valence-corrected chi connectivity index (χ2v) is 7.94. The van der Waals surface area contributed by atoms with E-state index in [-0.39, 0.29) is 30.7 Å². The Morgan fingerprint density at radius 3 is 2.85 bits per heavy atom. The number of sulfone groups is 1. The summed E-state index contributed by atoms with van der Waals surface area (Å²) in [6, 6.07) is 1.86. The highest BCUT2D eigenvalue weighted by molar-refractivity contribution is 7.91. The molecular formula is C15H21F3N4O3S. The summed E-state index contributed by atoms with van der Waals surface area (Å²) < 4.78 is 66.7. The number of hydrogen-bond donors (Lipinski definition) is 2. The molecule has 1 atom stereocenters. The summed E-state index contributed by atoms with van der Waals surface area (Å²) >= 11 is 0. The smallest absolute Gasteiger partial charge is 0.421 e. The molecule has 2 N–H and O–H groups in total. The molecule has 1 saturated heterocycles. The second kappa shape index (κ2) is 8.56. The highest BCUT2D eigenvalue weighted by Crippen LogP contribution is 2.34. The SMILES string of the molecule is CCNC(=NCCOc1ncccc1C(F)(F)F)NC1CCS(=O)(=O)C1. The third kappa shape index (κ3) is 6.04. The normalized spacial score (nSPS) is 20.0. The first-order valence-electron chi connectivity index (χ1n) is 8.11. The van der Waals surface area contributed by atoms with Crippen LogP contribution < -0.4 is 15.4 Å². The summed E-state index contributed by atoms with van der Waals surface area (Å²) in [6.45, 7) is 2.40. The summed E-state index contributed by atoms with van der Waals surface area (Å²) in [6.07, 6.45) is -2.83. The Morgan fingerprint density at radius 2 is 2.23 bits per heavy atom. The Hall–Kier alpha value is -2.04. The van der Waals surface area contributed by atoms with Gasteiger partial charge in [-0.05, 0) is 25.5 Å². The maximum Gasteiger partial charge on any atom is 0.421 e. The number of ether oxygens (including phenoxy) is 1. The van der Waals surface area contributed by atoms with E-state index in [1.807, 2.05) is 6.92 Å². The summed E-state index contributed by atoms with van der Waals surface area (Å²) in [4.78, 5) is 7.81. The van der Waals surface area contributed by atoms with Crippen LogP contribution >= 0.6 is 0 Å². The molecule has 7 nitrogen and oxygen atoms in total. The Morgan fingerprint density at radius 1 is 1.46 bits per heavy atom. The average molecular weight is 394 g/mol. The first-order valence-corrected chi connectivity index (χ1v) is 9.93. The quantitative estimate of drug-likeness (QED) is 0.428. The number of aliphatic imine (C=N–C) groups is 1. The lowest BCUT2D eigenvalue weighted by Crippen LogP contribution is -2.44. The van der Waals surface area contributed by atoms with Crippen LogP contribution in [-0.4, -0.2) is 56.6 Å². The molecule has 0 saturated carbocycles. The van der Waals surface area contributed by atoms with Gasteiger partial charge in [0.2, 0.25) is 5.88 Å². The number of nitrogens with one attached hydrogen (secondary N) is 2. The molecule has 1 fully saturated rings. The van der Waals surface area contributed by atoms with Crippen molar-refractivity contribution in [1.82, 2.24) is 15.6 Å². The number of aromatic nitrogens is 1. The zero-order valence-electron chi connectivity index (χ0n) is 14.2. The van der Waals surface area contributed by atoms with Crippen molar-refractivity contribution in [2.24, 2.45) is 4.99 Å². The van der Waals surface area contributed by atoms with Crippen LogP contribution in [0, 0.1) is 0 Å². The summed E-state index contributed by atoms with van der Waals surface area (Å²) in [5.74, 6) is 0.0782. The minimum atomic E-state index is -4.54. The third-order valence-electron chi connectivity index (χ3n) is 3.59. The van der Waals surface area contributed by atoms with Crippen molar-refractivity contribution in [1.29, 1.82) is 0 Å². The van der Waals surface area contributed by atoms with Crippen LogP contribution in [0.3, 0.4) is 0 Å². The molecule has 2 heterocycles. The predicted molar refractivity (Wildman–Crippen MR) is 90.9 cm³/mol. The number of alkyl halides is 3. The molecule has 1 aliphatic rings. The number of halogens is 3. The zero-order chi connectivity index (χ0) is 19.2. The van der Waals surface area contributed by atoms with E-state index in [0.29, 0.717) is 18.9 Å². The highest BCUT2D eigenvalue weighted by Gasteiger charge is 2.35. The Labute approximate surface area is 150 Å². The van der Waals surface area contributed by atoms with Crippen LogP contribution in [0.1, 0.15) is 18.9 Å². The van der Waals surface area contributed by atoms with Gasteiger partial charge in [0.1, 0.15) is 12.2 Å². The molecule has 146 valence electrons. The molecule has 2 rings (SSSR count). The Balaban J connectivity index is 1.91. The Kier molecular flexibility index (Phi) is 6.68. The molecule has 26 heavy (non-hydrogen) atoms. The van der Waals surface area contributed by atoms with Crippen molar-refractivity contribution < 1.29 is 26.3 Å². The van der Waals surface area contributed by atoms with Gasteiger partial charge in [-0.25, -0.2) is 18.4 Å². The summed E-state index contributed by atoms with van der Waals surface area (Å²) in [7, 11) is -3.02. The fourth-order valence-corrected chi connectivity index (χ4v) is 4.12. The molecule has 1 aromatic heterocycles. The lowest BCUT2D eigenvalue weighted by atomic mass is 10.2. The van der Waals surface area contributed by atoms with Crippen molar-refractivity contribution in [3.05, 3.63) is 23.9 Å². The largest absolute Gasteiger partial charge is 0.475 e. The molecular weight excluding hydrogens is 373 g/mol. The Bertz CT molecular complexity index is 738. The van der Waals surface area contributed by atoms with Gasteiger partial charge in [0, 0.05) is 18.8 Å². The van der Waals surface area contributed by atoms with Gasteiger partial charge in [-0.3, -0.25) is 0 Å². The van der Waals surface area contributed by atoms with Gasteiger partial charge in [-0.1, -0.05) is 0 Å². The number of pyridine rings is 1. The number of guanidine groups is 1. The van der Waals surface area contributed by atoms with E-state index in [0.717, 1.165) is 6.07 Å². The van der Waals surface area contributed by atoms with Gasteiger partial charge >= 0.3 is 6.18 Å². The molecule has 0 spiro atoms. The molecule has 11 heteroatoms. The van der Waals surface area contributed by atoms with Crippen LogP contribution in [0.15, 0.2) is 23.3 Å². The fourth-order valence-electron chi connectivity index (χ4n) is 2.44. The van der Waals surface area contributed by atoms with Crippen molar-refractivity contribution >= 4 is 15.8 Å². The average Bonchev–Trinajstić information content (AvgIpc) is 2.90. The standard InChI is InChI=1S/C15H21F3N4O3S/c1-2-19-14(22-11-5-9-26(23,24)10-11)21-7-8-25-13-12(15(16,17)18)4-3-6-20-13/h3-4,6,11H,2,5,7-10H2,1H3,(H2,19,21,22). The number of hydrogen-bond acceptors (Lipinski definition) is 5. The van der Waals surface area contributed by atoms with Crippen LogP contribution in [0.5, 0.6) is 5.88 Å². The van der Waals surface area contributed by atoms with Crippen molar-refractivity contribution in [3.63, 3.8) is 0 Å². The van der Waals surface area contributed by atoms with Crippen molar-refractivity contribution in [2.75, 3.05) is 31.2 Å². The minimum absolute atomic E-state index is 0.0385. The van der Waals surface area contributed by atoms with E-state index < -0.39 is 27.5 Å². The molecule has 0 amide bonds. The molecule has 1 aliphatic heterocycles. The third-order valence-corrected chi connectivity index (χ3v) is 5.36. The minimum Gasteiger partial charge on any atom is -0.475 e. The van der Waals surface area contributed by atoms with Gasteiger partial charge in [0.25, 0.3) is 0 Å². The molecule has 1 unspecified atom stereocenters. The monoisotopic (exact) mass is 394 g/mol. The number of nitrogens with zero attached hydrogens (tertiary/aromatic N) is 2. The molecule has 0 aliphatic carbocycles. The molecule has 1 aromatic rings. The van der Waals surface area contributed by atoms with E-state index in [1.165, 1.54) is 12.3 Å². The van der Waals surface area contributed by atoms with Gasteiger partial charge in [-0.15, -0.1) is 0 Å². The van der Waals surface area contributed by atoms with E-state index in [9.17, 15) is 21.6 Å². The van der Waals surface area contributed by atoms with Gasteiger partial charge in [0.15, 0.2) is 15.8 Å². The maximum atomic E-state index is 12.9.